The van der Waals surface area contributed by atoms with Crippen LogP contribution in [0, 0.1) is 5.92 Å². The highest BCUT2D eigenvalue weighted by molar-refractivity contribution is 5.94. The normalized spacial score (nSPS) is 11.0. The van der Waals surface area contributed by atoms with Gasteiger partial charge in [-0.25, -0.2) is 4.98 Å². The number of hydrogen-bond acceptors (Lipinski definition) is 7. The van der Waals surface area contributed by atoms with Gasteiger partial charge in [0.15, 0.2) is 11.5 Å². The number of fused-ring (bicyclic) bond motifs is 1. The van der Waals surface area contributed by atoms with Gasteiger partial charge in [-0.3, -0.25) is 9.59 Å². The molecule has 0 atom stereocenters. The Labute approximate surface area is 222 Å². The number of unbranched alkanes of at least 4 members (excludes halogenated alkanes) is 2. The molecule has 7 nitrogen and oxygen atoms in total. The average molecular weight is 516 g/mol. The molecule has 0 aliphatic rings. The minimum atomic E-state index is -0.854. The highest BCUT2D eigenvalue weighted by Crippen LogP contribution is 2.28. The van der Waals surface area contributed by atoms with Gasteiger partial charge < -0.3 is 18.6 Å². The summed E-state index contributed by atoms with van der Waals surface area (Å²) >= 11 is 0. The zero-order valence-corrected chi connectivity index (χ0v) is 21.9. The molecule has 0 spiro atoms. The van der Waals surface area contributed by atoms with E-state index in [-0.39, 0.29) is 13.2 Å². The van der Waals surface area contributed by atoms with Crippen molar-refractivity contribution in [2.75, 3.05) is 19.8 Å². The summed E-state index contributed by atoms with van der Waals surface area (Å²) in [6, 6.07) is 23.9. The van der Waals surface area contributed by atoms with Crippen molar-refractivity contribution in [1.82, 2.24) is 4.98 Å². The quantitative estimate of drug-likeness (QED) is 0.109. The Morgan fingerprint density at radius 1 is 0.763 bits per heavy atom. The Bertz CT molecular complexity index is 1280. The zero-order valence-electron chi connectivity index (χ0n) is 21.9. The van der Waals surface area contributed by atoms with Crippen molar-refractivity contribution in [3.05, 3.63) is 72.8 Å². The molecule has 0 saturated heterocycles. The summed E-state index contributed by atoms with van der Waals surface area (Å²) in [5, 5.41) is 0. The summed E-state index contributed by atoms with van der Waals surface area (Å²) < 4.78 is 21.8. The molecule has 1 aromatic heterocycles. The number of hydrogen-bond donors (Lipinski definition) is 0. The molecule has 7 heteroatoms. The van der Waals surface area contributed by atoms with Crippen molar-refractivity contribution >= 4 is 23.0 Å². The Morgan fingerprint density at radius 2 is 1.37 bits per heavy atom. The third kappa shape index (κ3) is 7.00. The fourth-order valence-electron chi connectivity index (χ4n) is 4.18. The Kier molecular flexibility index (Phi) is 9.51. The van der Waals surface area contributed by atoms with E-state index in [0.717, 1.165) is 46.4 Å². The predicted molar refractivity (Wildman–Crippen MR) is 146 cm³/mol. The van der Waals surface area contributed by atoms with E-state index in [1.807, 2.05) is 60.7 Å². The number of nitrogens with zero attached hydrogens (tertiary/aromatic N) is 1. The first-order chi connectivity index (χ1) is 18.6. The van der Waals surface area contributed by atoms with Gasteiger partial charge in [0, 0.05) is 5.56 Å². The lowest BCUT2D eigenvalue weighted by molar-refractivity contribution is -0.161. The van der Waals surface area contributed by atoms with Crippen molar-refractivity contribution in [2.45, 2.75) is 39.5 Å². The van der Waals surface area contributed by atoms with E-state index in [1.54, 1.807) is 13.8 Å². The van der Waals surface area contributed by atoms with E-state index < -0.39 is 17.9 Å². The molecule has 4 aromatic rings. The maximum Gasteiger partial charge on any atom is 0.320 e. The summed E-state index contributed by atoms with van der Waals surface area (Å²) in [4.78, 5) is 28.7. The second kappa shape index (κ2) is 13.4. The second-order valence-corrected chi connectivity index (χ2v) is 8.84. The first kappa shape index (κ1) is 26.9. The van der Waals surface area contributed by atoms with Crippen molar-refractivity contribution in [2.24, 2.45) is 5.92 Å². The van der Waals surface area contributed by atoms with Crippen molar-refractivity contribution in [3.63, 3.8) is 0 Å². The molecule has 0 unspecified atom stereocenters. The van der Waals surface area contributed by atoms with Crippen LogP contribution in [0.15, 0.2) is 77.2 Å². The summed E-state index contributed by atoms with van der Waals surface area (Å²) in [5.74, 6) is -0.467. The number of aromatic nitrogens is 1. The summed E-state index contributed by atoms with van der Waals surface area (Å²) in [5.41, 5.74) is 4.74. The highest BCUT2D eigenvalue weighted by Gasteiger charge is 2.28. The fraction of sp³-hybridized carbons (Fsp3) is 0.323. The van der Waals surface area contributed by atoms with Gasteiger partial charge in [-0.05, 0) is 74.2 Å². The molecule has 0 amide bonds. The maximum absolute atomic E-state index is 12.1. The van der Waals surface area contributed by atoms with Gasteiger partial charge >= 0.3 is 11.9 Å². The molecule has 0 radical (unpaired) electrons. The maximum atomic E-state index is 12.1. The number of carbonyl (C=O) groups is 2. The van der Waals surface area contributed by atoms with Crippen LogP contribution in [-0.2, 0) is 19.1 Å². The van der Waals surface area contributed by atoms with Gasteiger partial charge in [0.2, 0.25) is 5.89 Å². The second-order valence-electron chi connectivity index (χ2n) is 8.84. The SMILES string of the molecule is CCOC(=O)C(CCCCCOc1ccc(-c2ccc(-c3nc4ccccc4o3)cc2)cc1)C(=O)OCC. The van der Waals surface area contributed by atoms with E-state index >= 15 is 0 Å². The Balaban J connectivity index is 1.23. The van der Waals surface area contributed by atoms with E-state index in [2.05, 4.69) is 17.1 Å². The Morgan fingerprint density at radius 3 is 2.00 bits per heavy atom. The molecule has 38 heavy (non-hydrogen) atoms. The third-order valence-electron chi connectivity index (χ3n) is 6.16. The summed E-state index contributed by atoms with van der Waals surface area (Å²) in [6.07, 6.45) is 2.78. The van der Waals surface area contributed by atoms with E-state index in [9.17, 15) is 9.59 Å². The molecule has 4 rings (SSSR count). The molecule has 198 valence electrons. The van der Waals surface area contributed by atoms with Crippen molar-refractivity contribution in [3.8, 4) is 28.3 Å². The largest absolute Gasteiger partial charge is 0.494 e. The molecular formula is C31H33NO6. The molecule has 0 bridgehead atoms. The fourth-order valence-corrected chi connectivity index (χ4v) is 4.18. The average Bonchev–Trinajstić information content (AvgIpc) is 3.38. The number of ether oxygens (including phenoxy) is 3. The molecule has 1 heterocycles. The lowest BCUT2D eigenvalue weighted by Crippen LogP contribution is -2.28. The molecule has 0 fully saturated rings. The van der Waals surface area contributed by atoms with Crippen molar-refractivity contribution in [1.29, 1.82) is 0 Å². The minimum Gasteiger partial charge on any atom is -0.494 e. The molecule has 0 aliphatic heterocycles. The van der Waals surface area contributed by atoms with Gasteiger partial charge in [-0.15, -0.1) is 0 Å². The number of rotatable bonds is 13. The first-order valence-electron chi connectivity index (χ1n) is 13.1. The number of carbonyl (C=O) groups excluding carboxylic acids is 2. The van der Waals surface area contributed by atoms with Crippen LogP contribution in [0.3, 0.4) is 0 Å². The summed E-state index contributed by atoms with van der Waals surface area (Å²) in [7, 11) is 0. The topological polar surface area (TPSA) is 87.9 Å². The number of para-hydroxylation sites is 2. The van der Waals surface area contributed by atoms with Crippen LogP contribution >= 0.6 is 0 Å². The zero-order chi connectivity index (χ0) is 26.7. The molecule has 0 N–H and O–H groups in total. The highest BCUT2D eigenvalue weighted by atomic mass is 16.6. The van der Waals surface area contributed by atoms with Crippen LogP contribution in [0.2, 0.25) is 0 Å². The lowest BCUT2D eigenvalue weighted by Gasteiger charge is -2.14. The third-order valence-corrected chi connectivity index (χ3v) is 6.16. The lowest BCUT2D eigenvalue weighted by atomic mass is 10.0. The molecule has 3 aromatic carbocycles. The molecular weight excluding hydrogens is 482 g/mol. The van der Waals surface area contributed by atoms with Gasteiger partial charge in [0.25, 0.3) is 0 Å². The number of oxazole rings is 1. The van der Waals surface area contributed by atoms with Crippen LogP contribution in [0.1, 0.15) is 39.5 Å². The van der Waals surface area contributed by atoms with Crippen LogP contribution in [0.5, 0.6) is 5.75 Å². The van der Waals surface area contributed by atoms with Crippen LogP contribution < -0.4 is 4.74 Å². The standard InChI is InChI=1S/C31H33NO6/c1-3-35-30(33)26(31(34)36-4-2)10-6-5-9-21-37-25-19-17-23(18-20-25)22-13-15-24(16-14-22)29-32-27-11-7-8-12-28(27)38-29/h7-8,11-20,26H,3-6,9-10,21H2,1-2H3. The first-order valence-corrected chi connectivity index (χ1v) is 13.1. The predicted octanol–water partition coefficient (Wildman–Crippen LogP) is 6.84. The monoisotopic (exact) mass is 515 g/mol. The van der Waals surface area contributed by atoms with Crippen molar-refractivity contribution < 1.29 is 28.2 Å². The number of benzene rings is 3. The van der Waals surface area contributed by atoms with Crippen LogP contribution in [0.4, 0.5) is 0 Å². The molecule has 0 saturated carbocycles. The minimum absolute atomic E-state index is 0.243. The van der Waals surface area contributed by atoms with Crippen LogP contribution in [0.25, 0.3) is 33.7 Å². The van der Waals surface area contributed by atoms with Crippen LogP contribution in [-0.4, -0.2) is 36.7 Å². The Hall–Kier alpha value is -4.13. The summed E-state index contributed by atoms with van der Waals surface area (Å²) in [6.45, 7) is 4.49. The van der Waals surface area contributed by atoms with E-state index in [1.165, 1.54) is 0 Å². The van der Waals surface area contributed by atoms with Gasteiger partial charge in [-0.2, -0.15) is 0 Å². The van der Waals surface area contributed by atoms with Gasteiger partial charge in [-0.1, -0.05) is 49.2 Å². The van der Waals surface area contributed by atoms with E-state index in [0.29, 0.717) is 25.3 Å². The van der Waals surface area contributed by atoms with E-state index in [4.69, 9.17) is 18.6 Å². The molecule has 0 aliphatic carbocycles. The smallest absolute Gasteiger partial charge is 0.320 e. The van der Waals surface area contributed by atoms with Gasteiger partial charge in [0.05, 0.1) is 19.8 Å². The van der Waals surface area contributed by atoms with Gasteiger partial charge in [0.1, 0.15) is 11.3 Å². The number of esters is 2.